The van der Waals surface area contributed by atoms with E-state index in [1.54, 1.807) is 18.2 Å². The molecule has 4 nitrogen and oxygen atoms in total. The second-order valence-electron chi connectivity index (χ2n) is 3.30. The number of cyclic esters (lactones) is 1. The second-order valence-corrected chi connectivity index (χ2v) is 3.30. The average molecular weight is 218 g/mol. The Kier molecular flexibility index (Phi) is 2.72. The molecule has 1 atom stereocenters. The van der Waals surface area contributed by atoms with Gasteiger partial charge < -0.3 is 9.47 Å². The molecule has 0 radical (unpaired) electrons. The molecule has 1 aromatic rings. The van der Waals surface area contributed by atoms with Crippen LogP contribution in [0.15, 0.2) is 36.4 Å². The summed E-state index contributed by atoms with van der Waals surface area (Å²) < 4.78 is 9.55. The number of methoxy groups -OCH3 is 1. The van der Waals surface area contributed by atoms with Crippen molar-refractivity contribution in [3.63, 3.8) is 0 Å². The third-order valence-corrected chi connectivity index (χ3v) is 2.33. The molecule has 4 heteroatoms. The van der Waals surface area contributed by atoms with Crippen LogP contribution in [0.2, 0.25) is 0 Å². The van der Waals surface area contributed by atoms with Crippen molar-refractivity contribution in [3.05, 3.63) is 47.5 Å². The highest BCUT2D eigenvalue weighted by molar-refractivity contribution is 5.94. The second kappa shape index (κ2) is 4.18. The quantitative estimate of drug-likeness (QED) is 0.559. The van der Waals surface area contributed by atoms with Gasteiger partial charge in [-0.2, -0.15) is 0 Å². The van der Waals surface area contributed by atoms with Crippen LogP contribution >= 0.6 is 0 Å². The van der Waals surface area contributed by atoms with Crippen LogP contribution in [-0.2, 0) is 14.3 Å². The third-order valence-electron chi connectivity index (χ3n) is 2.33. The highest BCUT2D eigenvalue weighted by atomic mass is 16.5. The van der Waals surface area contributed by atoms with Crippen LogP contribution in [0.4, 0.5) is 0 Å². The molecular formula is C12H10O4. The molecule has 82 valence electrons. The Morgan fingerprint density at radius 2 is 2.19 bits per heavy atom. The van der Waals surface area contributed by atoms with E-state index in [-0.39, 0.29) is 5.97 Å². The van der Waals surface area contributed by atoms with Gasteiger partial charge in [-0.05, 0) is 12.1 Å². The molecule has 0 N–H and O–H groups in total. The zero-order valence-electron chi connectivity index (χ0n) is 8.67. The summed E-state index contributed by atoms with van der Waals surface area (Å²) in [6.45, 7) is 0. The van der Waals surface area contributed by atoms with E-state index in [0.717, 1.165) is 5.56 Å². The first-order chi connectivity index (χ1) is 7.72. The Hall–Kier alpha value is -2.10. The molecule has 0 fully saturated rings. The summed E-state index contributed by atoms with van der Waals surface area (Å²) in [5.41, 5.74) is 1.31. The van der Waals surface area contributed by atoms with Crippen molar-refractivity contribution in [1.29, 1.82) is 0 Å². The summed E-state index contributed by atoms with van der Waals surface area (Å²) in [4.78, 5) is 22.3. The molecular weight excluding hydrogens is 208 g/mol. The van der Waals surface area contributed by atoms with Crippen LogP contribution in [-0.4, -0.2) is 19.0 Å². The van der Waals surface area contributed by atoms with E-state index in [0.29, 0.717) is 5.56 Å². The van der Waals surface area contributed by atoms with Crippen molar-refractivity contribution in [3.8, 4) is 0 Å². The zero-order chi connectivity index (χ0) is 11.5. The number of rotatable bonds is 2. The minimum Gasteiger partial charge on any atom is -0.466 e. The van der Waals surface area contributed by atoms with E-state index in [9.17, 15) is 9.59 Å². The van der Waals surface area contributed by atoms with Crippen molar-refractivity contribution < 1.29 is 19.1 Å². The number of fused-ring (bicyclic) bond motifs is 1. The number of hydrogen-bond acceptors (Lipinski definition) is 4. The van der Waals surface area contributed by atoms with Crippen LogP contribution in [0.5, 0.6) is 0 Å². The van der Waals surface area contributed by atoms with Crippen LogP contribution in [0.3, 0.4) is 0 Å². The summed E-state index contributed by atoms with van der Waals surface area (Å²) in [5, 5.41) is 0. The fourth-order valence-electron chi connectivity index (χ4n) is 1.55. The molecule has 0 saturated heterocycles. The molecule has 0 saturated carbocycles. The summed E-state index contributed by atoms with van der Waals surface area (Å²) in [7, 11) is 1.29. The van der Waals surface area contributed by atoms with Crippen molar-refractivity contribution in [2.24, 2.45) is 0 Å². The fraction of sp³-hybridized carbons (Fsp3) is 0.167. The van der Waals surface area contributed by atoms with Gasteiger partial charge in [0.2, 0.25) is 0 Å². The molecule has 16 heavy (non-hydrogen) atoms. The Morgan fingerprint density at radius 1 is 1.44 bits per heavy atom. The molecule has 0 spiro atoms. The normalized spacial score (nSPS) is 18.3. The molecule has 1 heterocycles. The fourth-order valence-corrected chi connectivity index (χ4v) is 1.55. The molecule has 0 bridgehead atoms. The van der Waals surface area contributed by atoms with Crippen LogP contribution < -0.4 is 0 Å². The Balaban J connectivity index is 2.24. The van der Waals surface area contributed by atoms with E-state index < -0.39 is 12.1 Å². The van der Waals surface area contributed by atoms with Gasteiger partial charge in [-0.3, -0.25) is 0 Å². The maximum Gasteiger partial charge on any atom is 0.339 e. The van der Waals surface area contributed by atoms with Gasteiger partial charge in [0.05, 0.1) is 12.7 Å². The lowest BCUT2D eigenvalue weighted by Gasteiger charge is -2.03. The summed E-state index contributed by atoms with van der Waals surface area (Å²) in [6, 6.07) is 7.09. The highest BCUT2D eigenvalue weighted by Gasteiger charge is 2.28. The maximum atomic E-state index is 11.4. The predicted molar refractivity (Wildman–Crippen MR) is 55.8 cm³/mol. The molecule has 1 aliphatic heterocycles. The molecule has 1 unspecified atom stereocenters. The van der Waals surface area contributed by atoms with Gasteiger partial charge >= 0.3 is 11.9 Å². The third kappa shape index (κ3) is 1.82. The van der Waals surface area contributed by atoms with Crippen molar-refractivity contribution in [2.45, 2.75) is 6.10 Å². The van der Waals surface area contributed by atoms with Gasteiger partial charge in [0.15, 0.2) is 0 Å². The molecule has 1 aliphatic rings. The molecule has 0 amide bonds. The topological polar surface area (TPSA) is 52.6 Å². The first kappa shape index (κ1) is 10.4. The van der Waals surface area contributed by atoms with Crippen molar-refractivity contribution in [2.75, 3.05) is 7.11 Å². The number of benzene rings is 1. The van der Waals surface area contributed by atoms with E-state index >= 15 is 0 Å². The number of esters is 2. The minimum atomic E-state index is -0.497. The standard InChI is InChI=1S/C12H10O4/c1-15-11(13)7-6-10-8-4-2-3-5-9(8)12(14)16-10/h2-7,10H,1H3/b7-6+. The van der Waals surface area contributed by atoms with Crippen LogP contribution in [0, 0.1) is 0 Å². The number of carbonyl (C=O) groups excluding carboxylic acids is 2. The van der Waals surface area contributed by atoms with E-state index in [2.05, 4.69) is 4.74 Å². The van der Waals surface area contributed by atoms with Crippen molar-refractivity contribution >= 4 is 11.9 Å². The summed E-state index contributed by atoms with van der Waals surface area (Å²) in [6.07, 6.45) is 2.26. The Bertz CT molecular complexity index is 462. The Labute approximate surface area is 92.5 Å². The van der Waals surface area contributed by atoms with Crippen LogP contribution in [0.25, 0.3) is 0 Å². The van der Waals surface area contributed by atoms with Gasteiger partial charge in [0.1, 0.15) is 6.10 Å². The highest BCUT2D eigenvalue weighted by Crippen LogP contribution is 2.31. The van der Waals surface area contributed by atoms with Gasteiger partial charge in [-0.25, -0.2) is 9.59 Å². The lowest BCUT2D eigenvalue weighted by molar-refractivity contribution is -0.134. The average Bonchev–Trinajstić information content (AvgIpc) is 2.64. The van der Waals surface area contributed by atoms with Gasteiger partial charge in [0.25, 0.3) is 0 Å². The van der Waals surface area contributed by atoms with Gasteiger partial charge in [0, 0.05) is 11.6 Å². The van der Waals surface area contributed by atoms with E-state index in [1.807, 2.05) is 6.07 Å². The molecule has 0 aliphatic carbocycles. The van der Waals surface area contributed by atoms with Gasteiger partial charge in [-0.15, -0.1) is 0 Å². The number of carbonyl (C=O) groups is 2. The first-order valence-corrected chi connectivity index (χ1v) is 4.78. The Morgan fingerprint density at radius 3 is 2.94 bits per heavy atom. The van der Waals surface area contributed by atoms with Crippen molar-refractivity contribution in [1.82, 2.24) is 0 Å². The number of ether oxygens (including phenoxy) is 2. The smallest absolute Gasteiger partial charge is 0.339 e. The lowest BCUT2D eigenvalue weighted by Crippen LogP contribution is -1.98. The van der Waals surface area contributed by atoms with E-state index in [1.165, 1.54) is 19.3 Å². The van der Waals surface area contributed by atoms with Gasteiger partial charge in [-0.1, -0.05) is 18.2 Å². The molecule has 1 aromatic carbocycles. The predicted octanol–water partition coefficient (Wildman–Crippen LogP) is 1.63. The zero-order valence-corrected chi connectivity index (χ0v) is 8.67. The van der Waals surface area contributed by atoms with E-state index in [4.69, 9.17) is 4.74 Å². The lowest BCUT2D eigenvalue weighted by atomic mass is 10.1. The maximum absolute atomic E-state index is 11.4. The summed E-state index contributed by atoms with van der Waals surface area (Å²) >= 11 is 0. The number of hydrogen-bond donors (Lipinski definition) is 0. The SMILES string of the molecule is COC(=O)/C=C/C1OC(=O)c2ccccc21. The first-order valence-electron chi connectivity index (χ1n) is 4.78. The molecule has 2 rings (SSSR count). The summed E-state index contributed by atoms with van der Waals surface area (Å²) in [5.74, 6) is -0.837. The monoisotopic (exact) mass is 218 g/mol. The molecule has 0 aromatic heterocycles. The minimum absolute atomic E-state index is 0.366. The van der Waals surface area contributed by atoms with Crippen LogP contribution in [0.1, 0.15) is 22.0 Å². The largest absolute Gasteiger partial charge is 0.466 e.